The number of nitrogens with two attached hydrogens (primary N) is 1. The molecule has 3 atom stereocenters. The van der Waals surface area contributed by atoms with Crippen molar-refractivity contribution in [1.29, 1.82) is 0 Å². The molecule has 1 aliphatic rings. The van der Waals surface area contributed by atoms with Crippen molar-refractivity contribution < 1.29 is 28.2 Å². The van der Waals surface area contributed by atoms with Crippen LogP contribution in [0.5, 0.6) is 0 Å². The van der Waals surface area contributed by atoms with Crippen LogP contribution in [0, 0.1) is 0 Å². The molecule has 1 amide bonds. The van der Waals surface area contributed by atoms with E-state index in [4.69, 9.17) is 29.2 Å². The second kappa shape index (κ2) is 8.70. The third-order valence-corrected chi connectivity index (χ3v) is 9.07. The van der Waals surface area contributed by atoms with E-state index in [1.807, 2.05) is 0 Å². The highest BCUT2D eigenvalue weighted by atomic mass is 28.4. The van der Waals surface area contributed by atoms with Crippen molar-refractivity contribution in [3.8, 4) is 0 Å². The molecule has 0 saturated carbocycles. The number of hydrazine groups is 1. The van der Waals surface area contributed by atoms with Crippen molar-refractivity contribution in [2.45, 2.75) is 57.2 Å². The van der Waals surface area contributed by atoms with Crippen LogP contribution >= 0.6 is 0 Å². The van der Waals surface area contributed by atoms with Crippen LogP contribution in [0.1, 0.15) is 20.8 Å². The second-order valence-corrected chi connectivity index (χ2v) is 12.2. The Kier molecular flexibility index (Phi) is 7.79. The molecule has 1 aliphatic heterocycles. The summed E-state index contributed by atoms with van der Waals surface area (Å²) in [6, 6.07) is 0. The van der Waals surface area contributed by atoms with E-state index in [1.165, 1.54) is 14.2 Å². The molecule has 142 valence electrons. The van der Waals surface area contributed by atoms with E-state index in [0.29, 0.717) is 0 Å². The Morgan fingerprint density at radius 1 is 1.17 bits per heavy atom. The third-order valence-electron chi connectivity index (χ3n) is 4.56. The summed E-state index contributed by atoms with van der Waals surface area (Å²) in [5.74, 6) is 5.50. The summed E-state index contributed by atoms with van der Waals surface area (Å²) in [4.78, 5) is 12.4. The minimum Gasteiger partial charge on any atom is -0.409 e. The fourth-order valence-corrected chi connectivity index (χ4v) is 3.51. The van der Waals surface area contributed by atoms with Crippen molar-refractivity contribution in [2.75, 3.05) is 34.4 Å². The van der Waals surface area contributed by atoms with Crippen molar-refractivity contribution in [2.24, 2.45) is 5.84 Å². The minimum atomic E-state index is -2.09. The van der Waals surface area contributed by atoms with E-state index in [-0.39, 0.29) is 31.1 Å². The lowest BCUT2D eigenvalue weighted by Gasteiger charge is -2.46. The number of rotatable bonds is 8. The van der Waals surface area contributed by atoms with Gasteiger partial charge in [-0.3, -0.25) is 9.80 Å². The Hall–Kier alpha value is -0.553. The Morgan fingerprint density at radius 3 is 2.21 bits per heavy atom. The molecule has 9 heteroatoms. The van der Waals surface area contributed by atoms with Crippen LogP contribution in [0.15, 0.2) is 0 Å². The first-order chi connectivity index (χ1) is 11.0. The smallest absolute Gasteiger partial charge is 0.268 e. The van der Waals surface area contributed by atoms with Crippen molar-refractivity contribution >= 4 is 14.2 Å². The number of piperidine rings is 1. The van der Waals surface area contributed by atoms with Gasteiger partial charge in [0, 0.05) is 14.2 Å². The quantitative estimate of drug-likeness (QED) is 0.298. The Morgan fingerprint density at radius 2 is 1.71 bits per heavy atom. The van der Waals surface area contributed by atoms with Gasteiger partial charge in [0.2, 0.25) is 0 Å². The average molecular weight is 365 g/mol. The predicted molar refractivity (Wildman–Crippen MR) is 91.5 cm³/mol. The van der Waals surface area contributed by atoms with Crippen molar-refractivity contribution in [3.63, 3.8) is 0 Å². The molecule has 0 unspecified atom stereocenters. The zero-order valence-corrected chi connectivity index (χ0v) is 16.8. The molecule has 0 aliphatic carbocycles. The lowest BCUT2D eigenvalue weighted by Crippen LogP contribution is -2.65. The number of carbonyl (C=O) groups is 1. The second-order valence-electron chi connectivity index (χ2n) is 7.44. The maximum absolute atomic E-state index is 12.4. The first kappa shape index (κ1) is 21.5. The molecule has 1 rings (SSSR count). The molecule has 1 heterocycles. The Balaban J connectivity index is 3.02. The van der Waals surface area contributed by atoms with Gasteiger partial charge in [0.05, 0.1) is 12.6 Å². The van der Waals surface area contributed by atoms with Crippen molar-refractivity contribution in [3.05, 3.63) is 0 Å². The molecule has 1 fully saturated rings. The summed E-state index contributed by atoms with van der Waals surface area (Å²) in [5.41, 5.74) is 0. The average Bonchev–Trinajstić information content (AvgIpc) is 2.46. The molecule has 0 aromatic heterocycles. The van der Waals surface area contributed by atoms with Crippen LogP contribution in [0.3, 0.4) is 0 Å². The van der Waals surface area contributed by atoms with Crippen LogP contribution in [-0.2, 0) is 28.2 Å². The molecular weight excluding hydrogens is 332 g/mol. The fraction of sp³-hybridized carbons (Fsp3) is 0.933. The van der Waals surface area contributed by atoms with Crippen LogP contribution in [-0.4, -0.2) is 71.9 Å². The zero-order valence-electron chi connectivity index (χ0n) is 15.8. The maximum atomic E-state index is 12.4. The molecule has 1 saturated heterocycles. The molecule has 0 bridgehead atoms. The molecule has 0 aromatic carbocycles. The maximum Gasteiger partial charge on any atom is 0.268 e. The molecule has 2 N–H and O–H groups in total. The molecule has 8 nitrogen and oxygen atoms in total. The highest BCUT2D eigenvalue weighted by Gasteiger charge is 2.48. The monoisotopic (exact) mass is 364 g/mol. The molecule has 0 radical (unpaired) electrons. The third kappa shape index (κ3) is 5.22. The molecular formula is C15H32N2O6Si. The van der Waals surface area contributed by atoms with E-state index in [1.54, 1.807) is 0 Å². The predicted octanol–water partition coefficient (Wildman–Crippen LogP) is 1.07. The van der Waals surface area contributed by atoms with Gasteiger partial charge in [-0.15, -0.1) is 0 Å². The first-order valence-electron chi connectivity index (χ1n) is 8.00. The summed E-state index contributed by atoms with van der Waals surface area (Å²) in [6.07, 6.45) is -1.90. The summed E-state index contributed by atoms with van der Waals surface area (Å²) in [5, 5.41) is 1.15. The van der Waals surface area contributed by atoms with Crippen LogP contribution in [0.25, 0.3) is 0 Å². The lowest BCUT2D eigenvalue weighted by atomic mass is 10.0. The number of hydrogen-bond acceptors (Lipinski definition) is 7. The summed E-state index contributed by atoms with van der Waals surface area (Å²) < 4.78 is 27.6. The highest BCUT2D eigenvalue weighted by Crippen LogP contribution is 2.38. The highest BCUT2D eigenvalue weighted by molar-refractivity contribution is 6.74. The normalized spacial score (nSPS) is 26.1. The summed E-state index contributed by atoms with van der Waals surface area (Å²) in [7, 11) is 0.924. The number of amides is 1. The molecule has 24 heavy (non-hydrogen) atoms. The lowest BCUT2D eigenvalue weighted by molar-refractivity contribution is -0.209. The SMILES string of the molecule is COCO[C@H]1[C@H](O[Si](C)(C)C(C)(C)C)CN(N)C(=O)[C@@H]1OCOC. The number of nitrogens with zero attached hydrogens (tertiary/aromatic N) is 1. The largest absolute Gasteiger partial charge is 0.409 e. The van der Waals surface area contributed by atoms with Gasteiger partial charge in [0.15, 0.2) is 14.4 Å². The van der Waals surface area contributed by atoms with Gasteiger partial charge in [-0.2, -0.15) is 0 Å². The minimum absolute atomic E-state index is 0.0164. The molecule has 0 aromatic rings. The van der Waals surface area contributed by atoms with E-state index in [0.717, 1.165) is 5.01 Å². The van der Waals surface area contributed by atoms with Crippen LogP contribution in [0.4, 0.5) is 0 Å². The number of methoxy groups -OCH3 is 2. The van der Waals surface area contributed by atoms with Gasteiger partial charge in [0.25, 0.3) is 5.91 Å². The van der Waals surface area contributed by atoms with E-state index < -0.39 is 26.6 Å². The van der Waals surface area contributed by atoms with Gasteiger partial charge in [-0.1, -0.05) is 20.8 Å². The number of ether oxygens (including phenoxy) is 4. The standard InChI is InChI=1S/C15H32N2O6Si/c1-15(2,3)24(6,7)23-11-8-17(16)14(18)13(22-10-20-5)12(11)21-9-19-4/h11-13H,8-10,16H2,1-7H3/t11-,12+,13-/m1/s1. The van der Waals surface area contributed by atoms with E-state index in [2.05, 4.69) is 33.9 Å². The Labute approximate surface area is 145 Å². The van der Waals surface area contributed by atoms with E-state index >= 15 is 0 Å². The summed E-state index contributed by atoms with van der Waals surface area (Å²) in [6.45, 7) is 11.0. The topological polar surface area (TPSA) is 92.5 Å². The van der Waals surface area contributed by atoms with E-state index in [9.17, 15) is 4.79 Å². The van der Waals surface area contributed by atoms with Gasteiger partial charge < -0.3 is 23.4 Å². The van der Waals surface area contributed by atoms with Crippen LogP contribution < -0.4 is 5.84 Å². The van der Waals surface area contributed by atoms with Crippen molar-refractivity contribution in [1.82, 2.24) is 5.01 Å². The van der Waals surface area contributed by atoms with Crippen LogP contribution in [0.2, 0.25) is 18.1 Å². The van der Waals surface area contributed by atoms with Gasteiger partial charge in [-0.05, 0) is 18.1 Å². The van der Waals surface area contributed by atoms with Gasteiger partial charge in [0.1, 0.15) is 19.7 Å². The Bertz CT molecular complexity index is 415. The fourth-order valence-electron chi connectivity index (χ4n) is 2.19. The van der Waals surface area contributed by atoms with Gasteiger partial charge >= 0.3 is 0 Å². The summed E-state index contributed by atoms with van der Waals surface area (Å²) >= 11 is 0. The number of hydrogen-bond donors (Lipinski definition) is 1. The number of carbonyl (C=O) groups excluding carboxylic acids is 1. The zero-order chi connectivity index (χ0) is 18.5. The van der Waals surface area contributed by atoms with Gasteiger partial charge in [-0.25, -0.2) is 5.84 Å². The molecule has 0 spiro atoms. The first-order valence-corrected chi connectivity index (χ1v) is 10.9.